The van der Waals surface area contributed by atoms with Gasteiger partial charge in [-0.15, -0.1) is 0 Å². The molecule has 0 spiro atoms. The zero-order valence-corrected chi connectivity index (χ0v) is 14.2. The zero-order chi connectivity index (χ0) is 16.9. The third-order valence-electron chi connectivity index (χ3n) is 3.61. The van der Waals surface area contributed by atoms with Crippen LogP contribution in [0.4, 0.5) is 11.4 Å². The molecule has 24 heavy (non-hydrogen) atoms. The minimum absolute atomic E-state index is 0.104. The van der Waals surface area contributed by atoms with Gasteiger partial charge in [-0.2, -0.15) is 0 Å². The van der Waals surface area contributed by atoms with Gasteiger partial charge in [0.05, 0.1) is 30.5 Å². The summed E-state index contributed by atoms with van der Waals surface area (Å²) in [6, 6.07) is 11.1. The van der Waals surface area contributed by atoms with E-state index in [-0.39, 0.29) is 12.5 Å². The highest BCUT2D eigenvalue weighted by Crippen LogP contribution is 2.37. The Balaban J connectivity index is 1.62. The number of anilines is 2. The molecule has 0 radical (unpaired) electrons. The van der Waals surface area contributed by atoms with Crippen molar-refractivity contribution < 1.29 is 14.3 Å². The summed E-state index contributed by atoms with van der Waals surface area (Å²) >= 11 is 6.25. The largest absolute Gasteiger partial charge is 0.490 e. The van der Waals surface area contributed by atoms with E-state index in [4.69, 9.17) is 21.1 Å². The van der Waals surface area contributed by atoms with Crippen LogP contribution in [0.15, 0.2) is 36.4 Å². The van der Waals surface area contributed by atoms with E-state index in [1.54, 1.807) is 12.1 Å². The highest BCUT2D eigenvalue weighted by molar-refractivity contribution is 6.33. The Morgan fingerprint density at radius 1 is 1.12 bits per heavy atom. The molecule has 0 bridgehead atoms. The molecule has 2 N–H and O–H groups in total. The first-order valence-corrected chi connectivity index (χ1v) is 8.19. The van der Waals surface area contributed by atoms with Gasteiger partial charge in [-0.25, -0.2) is 0 Å². The number of fused-ring (bicyclic) bond motifs is 1. The fourth-order valence-electron chi connectivity index (χ4n) is 2.34. The molecule has 6 heteroatoms. The summed E-state index contributed by atoms with van der Waals surface area (Å²) < 4.78 is 11.2. The van der Waals surface area contributed by atoms with Gasteiger partial charge in [-0.05, 0) is 19.1 Å². The second-order valence-electron chi connectivity index (χ2n) is 5.60. The van der Waals surface area contributed by atoms with E-state index >= 15 is 0 Å². The van der Waals surface area contributed by atoms with Crippen LogP contribution in [0, 0.1) is 6.92 Å². The predicted molar refractivity (Wildman–Crippen MR) is 95.4 cm³/mol. The summed E-state index contributed by atoms with van der Waals surface area (Å²) in [5, 5.41) is 6.35. The number of ether oxygens (including phenoxy) is 2. The van der Waals surface area contributed by atoms with Crippen LogP contribution in [0.1, 0.15) is 12.0 Å². The van der Waals surface area contributed by atoms with Crippen LogP contribution in [0.25, 0.3) is 0 Å². The number of amides is 1. The molecule has 0 unspecified atom stereocenters. The number of rotatable bonds is 4. The van der Waals surface area contributed by atoms with Crippen molar-refractivity contribution in [3.63, 3.8) is 0 Å². The van der Waals surface area contributed by atoms with Gasteiger partial charge < -0.3 is 20.1 Å². The van der Waals surface area contributed by atoms with Crippen LogP contribution < -0.4 is 20.1 Å². The van der Waals surface area contributed by atoms with Crippen molar-refractivity contribution in [3.8, 4) is 11.5 Å². The Morgan fingerprint density at radius 3 is 2.50 bits per heavy atom. The standard InChI is InChI=1S/C18H19ClN2O3/c1-12-3-5-13(6-4-12)21-18(22)11-20-15-10-17-16(9-14(15)19)23-7-2-8-24-17/h3-6,9-10,20H,2,7-8,11H2,1H3,(H,21,22). The van der Waals surface area contributed by atoms with E-state index in [0.29, 0.717) is 35.4 Å². The Labute approximate surface area is 145 Å². The van der Waals surface area contributed by atoms with Crippen LogP contribution in [-0.2, 0) is 4.79 Å². The normalized spacial score (nSPS) is 13.1. The van der Waals surface area contributed by atoms with Crippen molar-refractivity contribution in [2.24, 2.45) is 0 Å². The maximum atomic E-state index is 12.1. The van der Waals surface area contributed by atoms with Gasteiger partial charge in [0.15, 0.2) is 11.5 Å². The Kier molecular flexibility index (Phi) is 5.11. The molecule has 0 fully saturated rings. The highest BCUT2D eigenvalue weighted by Gasteiger charge is 2.14. The summed E-state index contributed by atoms with van der Waals surface area (Å²) in [4.78, 5) is 12.1. The Bertz CT molecular complexity index is 732. The van der Waals surface area contributed by atoms with E-state index in [1.165, 1.54) is 0 Å². The van der Waals surface area contributed by atoms with Crippen molar-refractivity contribution >= 4 is 28.9 Å². The topological polar surface area (TPSA) is 59.6 Å². The first-order chi connectivity index (χ1) is 11.6. The molecule has 1 aliphatic rings. The number of carbonyl (C=O) groups excluding carboxylic acids is 1. The van der Waals surface area contributed by atoms with E-state index in [1.807, 2.05) is 31.2 Å². The molecule has 1 aliphatic heterocycles. The minimum atomic E-state index is -0.151. The maximum Gasteiger partial charge on any atom is 0.243 e. The lowest BCUT2D eigenvalue weighted by Crippen LogP contribution is -2.21. The first kappa shape index (κ1) is 16.5. The number of hydrogen-bond donors (Lipinski definition) is 2. The van der Waals surface area contributed by atoms with E-state index < -0.39 is 0 Å². The first-order valence-electron chi connectivity index (χ1n) is 7.81. The number of hydrogen-bond acceptors (Lipinski definition) is 4. The van der Waals surface area contributed by atoms with E-state index in [0.717, 1.165) is 17.7 Å². The fourth-order valence-corrected chi connectivity index (χ4v) is 2.56. The molecule has 1 amide bonds. The molecule has 2 aromatic carbocycles. The van der Waals surface area contributed by atoms with Gasteiger partial charge in [-0.1, -0.05) is 29.3 Å². The summed E-state index contributed by atoms with van der Waals surface area (Å²) in [5.74, 6) is 1.12. The van der Waals surface area contributed by atoms with Crippen LogP contribution in [0.5, 0.6) is 11.5 Å². The molecule has 1 heterocycles. The fraction of sp³-hybridized carbons (Fsp3) is 0.278. The number of aryl methyl sites for hydroxylation is 1. The monoisotopic (exact) mass is 346 g/mol. The molecule has 2 aromatic rings. The molecule has 5 nitrogen and oxygen atoms in total. The quantitative estimate of drug-likeness (QED) is 0.882. The third-order valence-corrected chi connectivity index (χ3v) is 3.92. The van der Waals surface area contributed by atoms with E-state index in [2.05, 4.69) is 10.6 Å². The maximum absolute atomic E-state index is 12.1. The molecule has 0 saturated heterocycles. The average Bonchev–Trinajstić information content (AvgIpc) is 2.79. The molecule has 0 aliphatic carbocycles. The summed E-state index contributed by atoms with van der Waals surface area (Å²) in [6.07, 6.45) is 0.827. The van der Waals surface area contributed by atoms with Crippen LogP contribution in [-0.4, -0.2) is 25.7 Å². The van der Waals surface area contributed by atoms with Crippen molar-refractivity contribution in [1.82, 2.24) is 0 Å². The smallest absolute Gasteiger partial charge is 0.243 e. The van der Waals surface area contributed by atoms with Gasteiger partial charge in [0, 0.05) is 24.2 Å². The van der Waals surface area contributed by atoms with Gasteiger partial charge in [0.2, 0.25) is 5.91 Å². The van der Waals surface area contributed by atoms with Crippen molar-refractivity contribution in [3.05, 3.63) is 47.0 Å². The molecule has 3 rings (SSSR count). The Hall–Kier alpha value is -2.40. The van der Waals surface area contributed by atoms with Crippen LogP contribution in [0.2, 0.25) is 5.02 Å². The number of halogens is 1. The molecular formula is C18H19ClN2O3. The predicted octanol–water partition coefficient (Wildman–Crippen LogP) is 3.86. The van der Waals surface area contributed by atoms with Gasteiger partial charge in [0.25, 0.3) is 0 Å². The Morgan fingerprint density at radius 2 is 1.79 bits per heavy atom. The SMILES string of the molecule is Cc1ccc(NC(=O)CNc2cc3c(cc2Cl)OCCCO3)cc1. The van der Waals surface area contributed by atoms with Crippen molar-refractivity contribution in [2.45, 2.75) is 13.3 Å². The minimum Gasteiger partial charge on any atom is -0.490 e. The average molecular weight is 347 g/mol. The lowest BCUT2D eigenvalue weighted by atomic mass is 10.2. The second-order valence-corrected chi connectivity index (χ2v) is 6.00. The van der Waals surface area contributed by atoms with Crippen LogP contribution in [0.3, 0.4) is 0 Å². The van der Waals surface area contributed by atoms with Crippen LogP contribution >= 0.6 is 11.6 Å². The molecule has 126 valence electrons. The third kappa shape index (κ3) is 4.11. The molecular weight excluding hydrogens is 328 g/mol. The second kappa shape index (κ2) is 7.45. The number of nitrogens with one attached hydrogen (secondary N) is 2. The van der Waals surface area contributed by atoms with E-state index in [9.17, 15) is 4.79 Å². The van der Waals surface area contributed by atoms with Gasteiger partial charge in [-0.3, -0.25) is 4.79 Å². The molecule has 0 atom stereocenters. The number of carbonyl (C=O) groups is 1. The summed E-state index contributed by atoms with van der Waals surface area (Å²) in [5.41, 5.74) is 2.54. The zero-order valence-electron chi connectivity index (χ0n) is 13.4. The highest BCUT2D eigenvalue weighted by atomic mass is 35.5. The number of benzene rings is 2. The van der Waals surface area contributed by atoms with Crippen molar-refractivity contribution in [2.75, 3.05) is 30.4 Å². The van der Waals surface area contributed by atoms with Gasteiger partial charge >= 0.3 is 0 Å². The lowest BCUT2D eigenvalue weighted by Gasteiger charge is -2.13. The molecule has 0 saturated carbocycles. The van der Waals surface area contributed by atoms with Crippen molar-refractivity contribution in [1.29, 1.82) is 0 Å². The summed E-state index contributed by atoms with van der Waals surface area (Å²) in [7, 11) is 0. The lowest BCUT2D eigenvalue weighted by molar-refractivity contribution is -0.114. The summed E-state index contributed by atoms with van der Waals surface area (Å²) in [6.45, 7) is 3.31. The molecule has 0 aromatic heterocycles. The van der Waals surface area contributed by atoms with Gasteiger partial charge in [0.1, 0.15) is 0 Å².